The van der Waals surface area contributed by atoms with Crippen LogP contribution in [0.25, 0.3) is 0 Å². The number of ether oxygens (including phenoxy) is 1. The van der Waals surface area contributed by atoms with E-state index in [1.807, 2.05) is 6.92 Å². The Morgan fingerprint density at radius 2 is 2.05 bits per heavy atom. The van der Waals surface area contributed by atoms with Crippen molar-refractivity contribution < 1.29 is 19.4 Å². The maximum atomic E-state index is 12.5. The fraction of sp³-hybridized carbons (Fsp3) is 0.533. The number of pyridine rings is 1. The molecule has 1 aromatic rings. The highest BCUT2D eigenvalue weighted by atomic mass is 16.5. The summed E-state index contributed by atoms with van der Waals surface area (Å²) in [7, 11) is 1.46. The zero-order valence-electron chi connectivity index (χ0n) is 12.3. The van der Waals surface area contributed by atoms with Gasteiger partial charge in [0.2, 0.25) is 5.88 Å². The lowest BCUT2D eigenvalue weighted by atomic mass is 9.92. The summed E-state index contributed by atoms with van der Waals surface area (Å²) >= 11 is 0. The second-order valence-electron chi connectivity index (χ2n) is 5.52. The number of rotatable bonds is 5. The molecule has 0 bridgehead atoms. The zero-order valence-corrected chi connectivity index (χ0v) is 12.3. The molecule has 0 saturated heterocycles. The first kappa shape index (κ1) is 15.3. The zero-order chi connectivity index (χ0) is 15.5. The van der Waals surface area contributed by atoms with Gasteiger partial charge in [-0.15, -0.1) is 0 Å². The number of nitrogens with zero attached hydrogens (tertiary/aromatic N) is 1. The number of carbonyl (C=O) groups excluding carboxylic acids is 1. The van der Waals surface area contributed by atoms with Crippen LogP contribution in [-0.2, 0) is 4.79 Å². The Bertz CT molecular complexity index is 551. The van der Waals surface area contributed by atoms with Crippen LogP contribution in [0.5, 0.6) is 5.88 Å². The van der Waals surface area contributed by atoms with Crippen molar-refractivity contribution in [3.8, 4) is 5.88 Å². The number of aryl methyl sites for hydroxylation is 1. The lowest BCUT2D eigenvalue weighted by Crippen LogP contribution is -2.47. The van der Waals surface area contributed by atoms with Gasteiger partial charge in [0, 0.05) is 5.69 Å². The molecule has 0 aliphatic heterocycles. The van der Waals surface area contributed by atoms with Gasteiger partial charge in [0.1, 0.15) is 5.56 Å². The number of nitrogens with one attached hydrogen (secondary N) is 1. The third-order valence-corrected chi connectivity index (χ3v) is 3.87. The molecule has 0 radical (unpaired) electrons. The van der Waals surface area contributed by atoms with Gasteiger partial charge < -0.3 is 15.2 Å². The van der Waals surface area contributed by atoms with Crippen molar-refractivity contribution in [2.75, 3.05) is 7.11 Å². The van der Waals surface area contributed by atoms with Crippen molar-refractivity contribution in [1.29, 1.82) is 0 Å². The smallest absolute Gasteiger partial charge is 0.305 e. The summed E-state index contributed by atoms with van der Waals surface area (Å²) < 4.78 is 5.14. The summed E-state index contributed by atoms with van der Waals surface area (Å²) in [4.78, 5) is 27.7. The Hall–Kier alpha value is -2.11. The summed E-state index contributed by atoms with van der Waals surface area (Å²) in [6.07, 6.45) is 3.17. The number of carbonyl (C=O) groups is 2. The molecule has 0 unspecified atom stereocenters. The van der Waals surface area contributed by atoms with Gasteiger partial charge >= 0.3 is 5.97 Å². The van der Waals surface area contributed by atoms with Gasteiger partial charge in [0.05, 0.1) is 19.1 Å². The maximum Gasteiger partial charge on any atom is 0.305 e. The second kappa shape index (κ2) is 6.11. The van der Waals surface area contributed by atoms with Crippen LogP contribution in [0.1, 0.15) is 48.2 Å². The molecule has 1 amide bonds. The lowest BCUT2D eigenvalue weighted by Gasteiger charge is -2.28. The number of carboxylic acids is 1. The average Bonchev–Trinajstić information content (AvgIpc) is 2.85. The van der Waals surface area contributed by atoms with Crippen LogP contribution in [-0.4, -0.2) is 34.6 Å². The van der Waals surface area contributed by atoms with Crippen molar-refractivity contribution in [3.05, 3.63) is 23.4 Å². The van der Waals surface area contributed by atoms with Gasteiger partial charge in [-0.1, -0.05) is 12.8 Å². The van der Waals surface area contributed by atoms with E-state index < -0.39 is 11.5 Å². The Morgan fingerprint density at radius 1 is 1.38 bits per heavy atom. The summed E-state index contributed by atoms with van der Waals surface area (Å²) in [5.41, 5.74) is 0.433. The van der Waals surface area contributed by atoms with E-state index in [9.17, 15) is 9.59 Å². The molecule has 0 atom stereocenters. The van der Waals surface area contributed by atoms with E-state index in [0.717, 1.165) is 18.5 Å². The first-order valence-electron chi connectivity index (χ1n) is 7.02. The van der Waals surface area contributed by atoms with Crippen LogP contribution in [0, 0.1) is 6.92 Å². The minimum absolute atomic E-state index is 0.0552. The maximum absolute atomic E-state index is 12.5. The first-order chi connectivity index (χ1) is 9.96. The largest absolute Gasteiger partial charge is 0.481 e. The molecule has 1 fully saturated rings. The topological polar surface area (TPSA) is 88.5 Å². The third kappa shape index (κ3) is 3.51. The summed E-state index contributed by atoms with van der Waals surface area (Å²) in [6.45, 7) is 1.81. The van der Waals surface area contributed by atoms with E-state index in [2.05, 4.69) is 10.3 Å². The Kier molecular flexibility index (Phi) is 4.45. The normalized spacial score (nSPS) is 16.5. The van der Waals surface area contributed by atoms with Crippen LogP contribution >= 0.6 is 0 Å². The fourth-order valence-corrected chi connectivity index (χ4v) is 2.86. The molecule has 21 heavy (non-hydrogen) atoms. The summed E-state index contributed by atoms with van der Waals surface area (Å²) in [6, 6.07) is 3.38. The van der Waals surface area contributed by atoms with Gasteiger partial charge in [0.25, 0.3) is 5.91 Å². The van der Waals surface area contributed by atoms with E-state index >= 15 is 0 Å². The third-order valence-electron chi connectivity index (χ3n) is 3.87. The molecule has 1 saturated carbocycles. The predicted molar refractivity (Wildman–Crippen MR) is 76.4 cm³/mol. The van der Waals surface area contributed by atoms with Crippen molar-refractivity contribution in [2.24, 2.45) is 0 Å². The molecule has 6 heteroatoms. The average molecular weight is 292 g/mol. The highest BCUT2D eigenvalue weighted by Gasteiger charge is 2.38. The van der Waals surface area contributed by atoms with Crippen molar-refractivity contribution in [1.82, 2.24) is 10.3 Å². The highest BCUT2D eigenvalue weighted by Crippen LogP contribution is 2.33. The molecule has 1 aliphatic carbocycles. The molecule has 2 N–H and O–H groups in total. The van der Waals surface area contributed by atoms with Gasteiger partial charge in [-0.05, 0) is 31.9 Å². The molecular weight excluding hydrogens is 272 g/mol. The molecule has 1 aromatic heterocycles. The summed E-state index contributed by atoms with van der Waals surface area (Å²) in [5, 5.41) is 12.0. The van der Waals surface area contributed by atoms with Crippen molar-refractivity contribution in [2.45, 2.75) is 44.6 Å². The standard InChI is InChI=1S/C15H20N2O4/c1-10-5-6-11(14(16-10)21-2)13(20)17-15(9-12(18)19)7-3-4-8-15/h5-6H,3-4,7-9H2,1-2H3,(H,17,20)(H,18,19). The first-order valence-corrected chi connectivity index (χ1v) is 7.02. The lowest BCUT2D eigenvalue weighted by molar-refractivity contribution is -0.138. The monoisotopic (exact) mass is 292 g/mol. The Labute approximate surface area is 123 Å². The van der Waals surface area contributed by atoms with Crippen molar-refractivity contribution >= 4 is 11.9 Å². The minimum Gasteiger partial charge on any atom is -0.481 e. The molecule has 2 rings (SSSR count). The van der Waals surface area contributed by atoms with Gasteiger partial charge in [-0.2, -0.15) is 0 Å². The molecule has 114 valence electrons. The van der Waals surface area contributed by atoms with Crippen LogP contribution in [0.15, 0.2) is 12.1 Å². The van der Waals surface area contributed by atoms with E-state index in [-0.39, 0.29) is 18.2 Å². The highest BCUT2D eigenvalue weighted by molar-refractivity contribution is 5.97. The molecular formula is C15H20N2O4. The number of methoxy groups -OCH3 is 1. The number of hydrogen-bond acceptors (Lipinski definition) is 4. The molecule has 1 heterocycles. The van der Waals surface area contributed by atoms with Crippen LogP contribution in [0.2, 0.25) is 0 Å². The molecule has 0 aromatic carbocycles. The number of aliphatic carboxylic acids is 1. The van der Waals surface area contributed by atoms with Crippen molar-refractivity contribution in [3.63, 3.8) is 0 Å². The van der Waals surface area contributed by atoms with Crippen LogP contribution in [0.3, 0.4) is 0 Å². The van der Waals surface area contributed by atoms with E-state index in [0.29, 0.717) is 18.4 Å². The second-order valence-corrected chi connectivity index (χ2v) is 5.52. The number of carboxylic acid groups (broad SMARTS) is 1. The number of amides is 1. The minimum atomic E-state index is -0.897. The molecule has 6 nitrogen and oxygen atoms in total. The predicted octanol–water partition coefficient (Wildman–Crippen LogP) is 1.92. The van der Waals surface area contributed by atoms with Crippen LogP contribution in [0.4, 0.5) is 0 Å². The Balaban J connectivity index is 2.21. The SMILES string of the molecule is COc1nc(C)ccc1C(=O)NC1(CC(=O)O)CCCC1. The number of aromatic nitrogens is 1. The van der Waals surface area contributed by atoms with Gasteiger partial charge in [0.15, 0.2) is 0 Å². The van der Waals surface area contributed by atoms with Gasteiger partial charge in [-0.3, -0.25) is 9.59 Å². The van der Waals surface area contributed by atoms with E-state index in [1.165, 1.54) is 7.11 Å². The van der Waals surface area contributed by atoms with E-state index in [4.69, 9.17) is 9.84 Å². The Morgan fingerprint density at radius 3 is 2.62 bits per heavy atom. The quantitative estimate of drug-likeness (QED) is 0.865. The summed E-state index contributed by atoms with van der Waals surface area (Å²) in [5.74, 6) is -0.968. The fourth-order valence-electron chi connectivity index (χ4n) is 2.86. The molecule has 1 aliphatic rings. The van der Waals surface area contributed by atoms with E-state index in [1.54, 1.807) is 12.1 Å². The van der Waals surface area contributed by atoms with Crippen LogP contribution < -0.4 is 10.1 Å². The number of hydrogen-bond donors (Lipinski definition) is 2. The molecule has 0 spiro atoms. The van der Waals surface area contributed by atoms with Gasteiger partial charge in [-0.25, -0.2) is 4.98 Å².